The molecule has 0 spiro atoms. The van der Waals surface area contributed by atoms with Gasteiger partial charge < -0.3 is 10.2 Å². The van der Waals surface area contributed by atoms with Gasteiger partial charge in [-0.15, -0.1) is 0 Å². The van der Waals surface area contributed by atoms with Gasteiger partial charge in [0.25, 0.3) is 0 Å². The van der Waals surface area contributed by atoms with Gasteiger partial charge in [0.2, 0.25) is 21.8 Å². The highest BCUT2D eigenvalue weighted by Gasteiger charge is 2.30. The lowest BCUT2D eigenvalue weighted by molar-refractivity contribution is -0.139. The molecule has 2 atom stereocenters. The third-order valence-electron chi connectivity index (χ3n) is 6.17. The number of hydrogen-bond donors (Lipinski definition) is 1. The van der Waals surface area contributed by atoms with Crippen LogP contribution in [0.2, 0.25) is 0 Å². The number of sulfonamides is 1. The van der Waals surface area contributed by atoms with E-state index in [2.05, 4.69) is 19.2 Å². The third-order valence-corrected chi connectivity index (χ3v) is 7.31. The first-order valence-corrected chi connectivity index (χ1v) is 13.9. The molecule has 2 aromatic carbocycles. The predicted octanol–water partition coefficient (Wildman–Crippen LogP) is 4.22. The molecule has 8 heteroatoms. The van der Waals surface area contributed by atoms with Crippen molar-refractivity contribution in [2.45, 2.75) is 72.5 Å². The van der Waals surface area contributed by atoms with E-state index in [-0.39, 0.29) is 18.5 Å². The molecule has 0 radical (unpaired) electrons. The van der Waals surface area contributed by atoms with Crippen LogP contribution in [0.25, 0.3) is 0 Å². The van der Waals surface area contributed by atoms with Gasteiger partial charge in [0.15, 0.2) is 0 Å². The van der Waals surface area contributed by atoms with E-state index in [1.165, 1.54) is 4.90 Å². The smallest absolute Gasteiger partial charge is 0.244 e. The van der Waals surface area contributed by atoms with E-state index in [0.717, 1.165) is 33.7 Å². The molecule has 0 bridgehead atoms. The van der Waals surface area contributed by atoms with Crippen molar-refractivity contribution in [3.63, 3.8) is 0 Å². The van der Waals surface area contributed by atoms with Crippen molar-refractivity contribution in [2.75, 3.05) is 17.1 Å². The Morgan fingerprint density at radius 3 is 2.00 bits per heavy atom. The summed E-state index contributed by atoms with van der Waals surface area (Å²) in [7, 11) is -3.74. The lowest BCUT2D eigenvalue weighted by Gasteiger charge is -2.32. The number of nitrogens with one attached hydrogen (secondary N) is 1. The summed E-state index contributed by atoms with van der Waals surface area (Å²) in [6.45, 7) is 11.4. The number of amides is 2. The van der Waals surface area contributed by atoms with Crippen molar-refractivity contribution in [1.29, 1.82) is 0 Å². The highest BCUT2D eigenvalue weighted by molar-refractivity contribution is 7.92. The van der Waals surface area contributed by atoms with Gasteiger partial charge in [-0.2, -0.15) is 0 Å². The van der Waals surface area contributed by atoms with Crippen molar-refractivity contribution in [3.8, 4) is 0 Å². The van der Waals surface area contributed by atoms with E-state index in [0.29, 0.717) is 11.6 Å². The van der Waals surface area contributed by atoms with Gasteiger partial charge in [-0.25, -0.2) is 8.42 Å². The van der Waals surface area contributed by atoms with E-state index in [9.17, 15) is 18.0 Å². The Morgan fingerprint density at radius 2 is 1.51 bits per heavy atom. The molecular formula is C27H39N3O4S. The minimum Gasteiger partial charge on any atom is -0.352 e. The average molecular weight is 502 g/mol. The van der Waals surface area contributed by atoms with E-state index < -0.39 is 28.5 Å². The van der Waals surface area contributed by atoms with Crippen molar-refractivity contribution < 1.29 is 18.0 Å². The second-order valence-corrected chi connectivity index (χ2v) is 11.4. The molecule has 2 amide bonds. The van der Waals surface area contributed by atoms with Gasteiger partial charge in [0.05, 0.1) is 11.9 Å². The maximum absolute atomic E-state index is 13.6. The lowest BCUT2D eigenvalue weighted by atomic mass is 10.0. The second kappa shape index (κ2) is 12.2. The van der Waals surface area contributed by atoms with Gasteiger partial charge >= 0.3 is 0 Å². The van der Waals surface area contributed by atoms with Crippen LogP contribution in [0.5, 0.6) is 0 Å². The molecular weight excluding hydrogens is 462 g/mol. The zero-order chi connectivity index (χ0) is 26.3. The Labute approximate surface area is 210 Å². The SMILES string of the molecule is CC[C@H](C)NC(=O)[C@@H](C)N(Cc1ccc(C)cc1)C(=O)CN(c1ccc(C(C)C)cc1)S(C)(=O)=O. The number of carbonyl (C=O) groups is 2. The zero-order valence-corrected chi connectivity index (χ0v) is 22.7. The minimum absolute atomic E-state index is 0.0340. The average Bonchev–Trinajstić information content (AvgIpc) is 2.80. The predicted molar refractivity (Wildman–Crippen MR) is 142 cm³/mol. The van der Waals surface area contributed by atoms with Crippen LogP contribution >= 0.6 is 0 Å². The highest BCUT2D eigenvalue weighted by Crippen LogP contribution is 2.23. The van der Waals surface area contributed by atoms with Gasteiger partial charge in [-0.1, -0.05) is 62.7 Å². The van der Waals surface area contributed by atoms with Gasteiger partial charge in [-0.05, 0) is 56.4 Å². The standard InChI is InChI=1S/C27H39N3O4S/c1-8-21(5)28-27(32)22(6)29(17-23-11-9-20(4)10-12-23)26(31)18-30(35(7,33)34)25-15-13-24(14-16-25)19(2)3/h9-16,19,21-22H,8,17-18H2,1-7H3,(H,28,32)/t21-,22+/m0/s1. The van der Waals surface area contributed by atoms with E-state index in [4.69, 9.17) is 0 Å². The van der Waals surface area contributed by atoms with Crippen LogP contribution in [0, 0.1) is 6.92 Å². The Hall–Kier alpha value is -2.87. The maximum Gasteiger partial charge on any atom is 0.244 e. The van der Waals surface area contributed by atoms with E-state index in [1.54, 1.807) is 19.1 Å². The van der Waals surface area contributed by atoms with Gasteiger partial charge in [-0.3, -0.25) is 13.9 Å². The maximum atomic E-state index is 13.6. The molecule has 0 aliphatic rings. The molecule has 0 fully saturated rings. The fourth-order valence-corrected chi connectivity index (χ4v) is 4.43. The Balaban J connectivity index is 2.37. The van der Waals surface area contributed by atoms with E-state index >= 15 is 0 Å². The third kappa shape index (κ3) is 8.09. The summed E-state index contributed by atoms with van der Waals surface area (Å²) in [6.07, 6.45) is 1.85. The molecule has 0 saturated carbocycles. The number of hydrogen-bond acceptors (Lipinski definition) is 4. The Morgan fingerprint density at radius 1 is 0.943 bits per heavy atom. The van der Waals surface area contributed by atoms with E-state index in [1.807, 2.05) is 57.2 Å². The summed E-state index contributed by atoms with van der Waals surface area (Å²) in [6, 6.07) is 14.1. The molecule has 0 aliphatic carbocycles. The topological polar surface area (TPSA) is 86.8 Å². The quantitative estimate of drug-likeness (QED) is 0.500. The van der Waals surface area contributed by atoms with Crippen molar-refractivity contribution in [3.05, 3.63) is 65.2 Å². The van der Waals surface area contributed by atoms with Crippen molar-refractivity contribution in [2.24, 2.45) is 0 Å². The van der Waals surface area contributed by atoms with Crippen molar-refractivity contribution in [1.82, 2.24) is 10.2 Å². The number of rotatable bonds is 11. The number of nitrogens with zero attached hydrogens (tertiary/aromatic N) is 2. The van der Waals surface area contributed by atoms with Crippen molar-refractivity contribution >= 4 is 27.5 Å². The summed E-state index contributed by atoms with van der Waals surface area (Å²) in [5.41, 5.74) is 3.43. The molecule has 0 unspecified atom stereocenters. The largest absolute Gasteiger partial charge is 0.352 e. The molecule has 35 heavy (non-hydrogen) atoms. The molecule has 0 heterocycles. The van der Waals surface area contributed by atoms with Crippen LogP contribution in [0.1, 0.15) is 63.6 Å². The number of carbonyl (C=O) groups excluding carboxylic acids is 2. The van der Waals surface area contributed by atoms with Crippen LogP contribution in [0.4, 0.5) is 5.69 Å². The Bertz CT molecular complexity index is 1100. The molecule has 1 N–H and O–H groups in total. The molecule has 2 rings (SSSR count). The first-order chi connectivity index (χ1) is 16.3. The highest BCUT2D eigenvalue weighted by atomic mass is 32.2. The Kier molecular flexibility index (Phi) is 9.89. The fraction of sp³-hybridized carbons (Fsp3) is 0.481. The number of benzene rings is 2. The molecule has 192 valence electrons. The molecule has 0 saturated heterocycles. The van der Waals surface area contributed by atoms with Crippen LogP contribution in [0.15, 0.2) is 48.5 Å². The summed E-state index contributed by atoms with van der Waals surface area (Å²) < 4.78 is 26.4. The summed E-state index contributed by atoms with van der Waals surface area (Å²) in [5.74, 6) is -0.421. The zero-order valence-electron chi connectivity index (χ0n) is 21.9. The van der Waals surface area contributed by atoms with Gasteiger partial charge in [0.1, 0.15) is 12.6 Å². The second-order valence-electron chi connectivity index (χ2n) is 9.52. The first kappa shape index (κ1) is 28.4. The molecule has 0 aromatic heterocycles. The van der Waals surface area contributed by atoms with Crippen LogP contribution in [-0.2, 0) is 26.2 Å². The molecule has 0 aliphatic heterocycles. The first-order valence-electron chi connectivity index (χ1n) is 12.1. The van der Waals surface area contributed by atoms with Crippen LogP contribution < -0.4 is 9.62 Å². The number of aryl methyl sites for hydroxylation is 1. The van der Waals surface area contributed by atoms with Gasteiger partial charge in [0, 0.05) is 12.6 Å². The summed E-state index contributed by atoms with van der Waals surface area (Å²) in [5, 5.41) is 2.93. The number of anilines is 1. The normalized spacial score (nSPS) is 13.3. The lowest BCUT2D eigenvalue weighted by Crippen LogP contribution is -2.52. The summed E-state index contributed by atoms with van der Waals surface area (Å²) in [4.78, 5) is 27.9. The minimum atomic E-state index is -3.74. The monoisotopic (exact) mass is 501 g/mol. The van der Waals surface area contributed by atoms with Crippen LogP contribution in [-0.4, -0.2) is 50.0 Å². The molecule has 2 aromatic rings. The molecule has 7 nitrogen and oxygen atoms in total. The fourth-order valence-electron chi connectivity index (χ4n) is 3.58. The van der Waals surface area contributed by atoms with Crippen LogP contribution in [0.3, 0.4) is 0 Å². The summed E-state index contributed by atoms with van der Waals surface area (Å²) >= 11 is 0.